The van der Waals surface area contributed by atoms with Gasteiger partial charge in [-0.25, -0.2) is 0 Å². The van der Waals surface area contributed by atoms with E-state index in [1.54, 1.807) is 0 Å². The monoisotopic (exact) mass is 345 g/mol. The number of rotatable bonds is 10. The van der Waals surface area contributed by atoms with Gasteiger partial charge in [-0.05, 0) is 37.7 Å². The summed E-state index contributed by atoms with van der Waals surface area (Å²) in [6.07, 6.45) is 12.7. The van der Waals surface area contributed by atoms with Crippen LogP contribution in [0, 0.1) is 5.92 Å². The van der Waals surface area contributed by atoms with E-state index >= 15 is 0 Å². The summed E-state index contributed by atoms with van der Waals surface area (Å²) in [4.78, 5) is 12.3. The van der Waals surface area contributed by atoms with Crippen molar-refractivity contribution < 1.29 is 9.90 Å². The van der Waals surface area contributed by atoms with Crippen LogP contribution in [0.2, 0.25) is 0 Å². The van der Waals surface area contributed by atoms with Gasteiger partial charge in [-0.1, -0.05) is 69.2 Å². The van der Waals surface area contributed by atoms with Crippen molar-refractivity contribution in [1.82, 2.24) is 0 Å². The fraction of sp³-hybridized carbons (Fsp3) is 0.682. The topological polar surface area (TPSA) is 63.3 Å². The van der Waals surface area contributed by atoms with Crippen LogP contribution in [-0.2, 0) is 6.42 Å². The smallest absolute Gasteiger partial charge is 0.162 e. The van der Waals surface area contributed by atoms with Crippen molar-refractivity contribution in [2.75, 3.05) is 6.61 Å². The molecule has 3 N–H and O–H groups in total. The van der Waals surface area contributed by atoms with E-state index in [0.29, 0.717) is 6.42 Å². The van der Waals surface area contributed by atoms with E-state index in [4.69, 9.17) is 5.73 Å². The van der Waals surface area contributed by atoms with Gasteiger partial charge in [-0.3, -0.25) is 4.79 Å². The molecule has 3 heteroatoms. The first kappa shape index (κ1) is 20.1. The Morgan fingerprint density at radius 2 is 1.84 bits per heavy atom. The number of Topliss-reactive ketones (excluding diaryl/α,β-unsaturated/α-hetero) is 1. The lowest BCUT2D eigenvalue weighted by Crippen LogP contribution is -2.40. The van der Waals surface area contributed by atoms with E-state index in [1.165, 1.54) is 50.5 Å². The Kier molecular flexibility index (Phi) is 8.11. The van der Waals surface area contributed by atoms with Gasteiger partial charge >= 0.3 is 0 Å². The van der Waals surface area contributed by atoms with Crippen molar-refractivity contribution in [3.05, 3.63) is 35.4 Å². The summed E-state index contributed by atoms with van der Waals surface area (Å²) in [5, 5.41) is 9.21. The molecule has 0 aliphatic heterocycles. The molecule has 1 unspecified atom stereocenters. The normalized spacial score (nSPS) is 18.0. The largest absolute Gasteiger partial charge is 0.394 e. The van der Waals surface area contributed by atoms with Crippen molar-refractivity contribution in [3.63, 3.8) is 0 Å². The van der Waals surface area contributed by atoms with Crippen LogP contribution in [-0.4, -0.2) is 23.0 Å². The molecule has 1 fully saturated rings. The number of aliphatic hydroxyl groups excluding tert-OH is 1. The van der Waals surface area contributed by atoms with Crippen LogP contribution >= 0.6 is 0 Å². The minimum atomic E-state index is -0.535. The maximum Gasteiger partial charge on any atom is 0.162 e. The van der Waals surface area contributed by atoms with Crippen LogP contribution in [0.15, 0.2) is 24.3 Å². The molecule has 0 radical (unpaired) electrons. The maximum absolute atomic E-state index is 12.3. The Hall–Kier alpha value is -1.19. The molecule has 1 saturated carbocycles. The molecule has 0 bridgehead atoms. The highest BCUT2D eigenvalue weighted by molar-refractivity contribution is 5.96. The third-order valence-corrected chi connectivity index (χ3v) is 5.61. The van der Waals surface area contributed by atoms with Gasteiger partial charge in [0.1, 0.15) is 0 Å². The van der Waals surface area contributed by atoms with Crippen LogP contribution < -0.4 is 5.73 Å². The lowest BCUT2D eigenvalue weighted by Gasteiger charge is -2.21. The SMILES string of the molecule is CC(N)(CO)CCc1ccc(C(=O)CCCCC2CCCCC2)cc1. The lowest BCUT2D eigenvalue weighted by atomic mass is 9.85. The van der Waals surface area contributed by atoms with Gasteiger partial charge in [0.05, 0.1) is 6.61 Å². The maximum atomic E-state index is 12.3. The van der Waals surface area contributed by atoms with Crippen molar-refractivity contribution in [1.29, 1.82) is 0 Å². The Labute approximate surface area is 153 Å². The van der Waals surface area contributed by atoms with Crippen LogP contribution in [0.3, 0.4) is 0 Å². The second-order valence-corrected chi connectivity index (χ2v) is 8.18. The lowest BCUT2D eigenvalue weighted by molar-refractivity contribution is 0.0978. The van der Waals surface area contributed by atoms with E-state index in [9.17, 15) is 9.90 Å². The minimum absolute atomic E-state index is 0.00950. The molecular formula is C22H35NO2. The molecule has 0 saturated heterocycles. The molecule has 3 nitrogen and oxygen atoms in total. The van der Waals surface area contributed by atoms with Gasteiger partial charge < -0.3 is 10.8 Å². The Morgan fingerprint density at radius 1 is 1.16 bits per heavy atom. The first-order valence-electron chi connectivity index (χ1n) is 10.0. The first-order valence-corrected chi connectivity index (χ1v) is 10.0. The van der Waals surface area contributed by atoms with Gasteiger partial charge in [0, 0.05) is 17.5 Å². The zero-order valence-corrected chi connectivity index (χ0v) is 15.8. The van der Waals surface area contributed by atoms with E-state index in [0.717, 1.165) is 30.7 Å². The fourth-order valence-corrected chi connectivity index (χ4v) is 3.70. The minimum Gasteiger partial charge on any atom is -0.394 e. The second kappa shape index (κ2) is 10.1. The zero-order valence-electron chi connectivity index (χ0n) is 15.8. The molecule has 0 aromatic heterocycles. The summed E-state index contributed by atoms with van der Waals surface area (Å²) in [7, 11) is 0. The number of carbonyl (C=O) groups is 1. The van der Waals surface area contributed by atoms with Gasteiger partial charge in [-0.2, -0.15) is 0 Å². The van der Waals surface area contributed by atoms with Crippen LogP contribution in [0.4, 0.5) is 0 Å². The molecule has 0 heterocycles. The highest BCUT2D eigenvalue weighted by Gasteiger charge is 2.17. The number of aryl methyl sites for hydroxylation is 1. The first-order chi connectivity index (χ1) is 12.0. The van der Waals surface area contributed by atoms with Crippen LogP contribution in [0.1, 0.15) is 87.1 Å². The second-order valence-electron chi connectivity index (χ2n) is 8.18. The molecule has 25 heavy (non-hydrogen) atoms. The third-order valence-electron chi connectivity index (χ3n) is 5.61. The summed E-state index contributed by atoms with van der Waals surface area (Å²) >= 11 is 0. The Bertz CT molecular complexity index is 515. The van der Waals surface area contributed by atoms with E-state index in [2.05, 4.69) is 0 Å². The summed E-state index contributed by atoms with van der Waals surface area (Å²) in [5.41, 5.74) is 7.41. The molecule has 0 spiro atoms. The zero-order chi connectivity index (χ0) is 18.1. The Morgan fingerprint density at radius 3 is 2.48 bits per heavy atom. The number of hydrogen-bond donors (Lipinski definition) is 2. The molecule has 1 aliphatic carbocycles. The summed E-state index contributed by atoms with van der Waals surface area (Å²) in [5.74, 6) is 1.17. The molecule has 140 valence electrons. The average molecular weight is 346 g/mol. The standard InChI is InChI=1S/C22H35NO2/c1-22(23,17-24)16-15-19-11-13-20(14-12-19)21(25)10-6-5-9-18-7-3-2-4-8-18/h11-14,18,24H,2-10,15-17,23H2,1H3. The van der Waals surface area contributed by atoms with Gasteiger partial charge in [0.15, 0.2) is 5.78 Å². The van der Waals surface area contributed by atoms with Crippen molar-refractivity contribution in [2.45, 2.75) is 83.1 Å². The Balaban J connectivity index is 1.68. The predicted octanol–water partition coefficient (Wildman–Crippen LogP) is 4.65. The van der Waals surface area contributed by atoms with Crippen molar-refractivity contribution in [2.24, 2.45) is 11.7 Å². The van der Waals surface area contributed by atoms with Crippen molar-refractivity contribution >= 4 is 5.78 Å². The number of benzene rings is 1. The molecule has 0 amide bonds. The summed E-state index contributed by atoms with van der Waals surface area (Å²) in [6.45, 7) is 1.85. The number of ketones is 1. The fourth-order valence-electron chi connectivity index (χ4n) is 3.70. The number of unbranched alkanes of at least 4 members (excludes halogenated alkanes) is 1. The molecule has 2 rings (SSSR count). The highest BCUT2D eigenvalue weighted by Crippen LogP contribution is 2.28. The van der Waals surface area contributed by atoms with Gasteiger partial charge in [0.2, 0.25) is 0 Å². The predicted molar refractivity (Wildman–Crippen MR) is 104 cm³/mol. The number of hydrogen-bond acceptors (Lipinski definition) is 3. The number of carbonyl (C=O) groups excluding carboxylic acids is 1. The summed E-state index contributed by atoms with van der Waals surface area (Å²) < 4.78 is 0. The van der Waals surface area contributed by atoms with Crippen molar-refractivity contribution in [3.8, 4) is 0 Å². The summed E-state index contributed by atoms with van der Waals surface area (Å²) in [6, 6.07) is 7.91. The van der Waals surface area contributed by atoms with E-state index in [1.807, 2.05) is 31.2 Å². The van der Waals surface area contributed by atoms with Crippen LogP contribution in [0.5, 0.6) is 0 Å². The third kappa shape index (κ3) is 7.29. The molecular weight excluding hydrogens is 310 g/mol. The molecule has 1 aliphatic rings. The van der Waals surface area contributed by atoms with Crippen LogP contribution in [0.25, 0.3) is 0 Å². The average Bonchev–Trinajstić information content (AvgIpc) is 2.65. The molecule has 1 aromatic rings. The molecule has 1 atom stereocenters. The quantitative estimate of drug-likeness (QED) is 0.479. The molecule has 1 aromatic carbocycles. The van der Waals surface area contributed by atoms with Gasteiger partial charge in [-0.15, -0.1) is 0 Å². The number of aliphatic hydroxyl groups is 1. The number of nitrogens with two attached hydrogens (primary N) is 1. The van der Waals surface area contributed by atoms with Gasteiger partial charge in [0.25, 0.3) is 0 Å². The highest BCUT2D eigenvalue weighted by atomic mass is 16.3. The van der Waals surface area contributed by atoms with E-state index in [-0.39, 0.29) is 12.4 Å². The van der Waals surface area contributed by atoms with E-state index < -0.39 is 5.54 Å².